The molecule has 156 valence electrons. The second-order valence-electron chi connectivity index (χ2n) is 7.48. The summed E-state index contributed by atoms with van der Waals surface area (Å²) in [5, 5.41) is 0.449. The monoisotopic (exact) mass is 408 g/mol. The Bertz CT molecular complexity index is 1170. The van der Waals surface area contributed by atoms with Gasteiger partial charge in [0, 0.05) is 18.7 Å². The Morgan fingerprint density at radius 2 is 1.83 bits per heavy atom. The van der Waals surface area contributed by atoms with Gasteiger partial charge in [-0.1, -0.05) is 12.1 Å². The number of nitrogens with zero attached hydrogens (tertiary/aromatic N) is 2. The van der Waals surface area contributed by atoms with Gasteiger partial charge >= 0.3 is 0 Å². The molecule has 2 heterocycles. The minimum absolute atomic E-state index is 0.0901. The summed E-state index contributed by atoms with van der Waals surface area (Å²) in [4.78, 5) is 30.5. The maximum absolute atomic E-state index is 13.5. The molecule has 30 heavy (non-hydrogen) atoms. The molecule has 1 amide bonds. The number of rotatable bonds is 6. The maximum atomic E-state index is 13.5. The lowest BCUT2D eigenvalue weighted by molar-refractivity contribution is 0.0715. The highest BCUT2D eigenvalue weighted by Gasteiger charge is 2.43. The van der Waals surface area contributed by atoms with Gasteiger partial charge in [0.1, 0.15) is 17.1 Å². The summed E-state index contributed by atoms with van der Waals surface area (Å²) in [6.07, 6.45) is 0. The van der Waals surface area contributed by atoms with Crippen LogP contribution in [0.5, 0.6) is 11.5 Å². The zero-order valence-electron chi connectivity index (χ0n) is 17.5. The van der Waals surface area contributed by atoms with Crippen molar-refractivity contribution in [3.63, 3.8) is 0 Å². The first-order valence-electron chi connectivity index (χ1n) is 9.69. The predicted molar refractivity (Wildman–Crippen MR) is 113 cm³/mol. The Hall–Kier alpha value is -3.32. The van der Waals surface area contributed by atoms with Crippen molar-refractivity contribution >= 4 is 16.9 Å². The third kappa shape index (κ3) is 3.21. The smallest absolute Gasteiger partial charge is 0.290 e. The number of ether oxygens (including phenoxy) is 2. The Morgan fingerprint density at radius 1 is 1.07 bits per heavy atom. The standard InChI is InChI=1S/C23H24N2O5/c1-24(2)11-12-25-20(16-13-14(28-3)9-10-17(16)29-4)19-21(26)15-7-5-6-8-18(15)30-22(19)23(25)27/h5-10,13,20H,11-12H2,1-4H3/t20-/m1/s1. The van der Waals surface area contributed by atoms with Crippen molar-refractivity contribution in [2.45, 2.75) is 6.04 Å². The molecule has 0 spiro atoms. The van der Waals surface area contributed by atoms with E-state index in [4.69, 9.17) is 13.9 Å². The molecule has 4 rings (SSSR count). The molecule has 3 aromatic rings. The van der Waals surface area contributed by atoms with E-state index in [1.807, 2.05) is 25.1 Å². The number of benzene rings is 2. The van der Waals surface area contributed by atoms with Gasteiger partial charge < -0.3 is 23.7 Å². The van der Waals surface area contributed by atoms with Crippen molar-refractivity contribution in [3.05, 3.63) is 69.6 Å². The van der Waals surface area contributed by atoms with Crippen LogP contribution in [0.15, 0.2) is 51.7 Å². The Kier molecular flexibility index (Phi) is 5.22. The molecule has 1 aliphatic rings. The topological polar surface area (TPSA) is 72.2 Å². The van der Waals surface area contributed by atoms with Gasteiger partial charge in [0.05, 0.1) is 31.2 Å². The summed E-state index contributed by atoms with van der Waals surface area (Å²) < 4.78 is 16.9. The first kappa shape index (κ1) is 20.0. The molecule has 1 aromatic heterocycles. The van der Waals surface area contributed by atoms with E-state index in [9.17, 15) is 9.59 Å². The van der Waals surface area contributed by atoms with Gasteiger partial charge in [-0.3, -0.25) is 9.59 Å². The average molecular weight is 408 g/mol. The van der Waals surface area contributed by atoms with Gasteiger partial charge in [0.2, 0.25) is 5.76 Å². The van der Waals surface area contributed by atoms with E-state index in [0.29, 0.717) is 46.7 Å². The minimum Gasteiger partial charge on any atom is -0.497 e. The molecule has 0 unspecified atom stereocenters. The molecule has 0 saturated carbocycles. The van der Waals surface area contributed by atoms with Gasteiger partial charge in [0.25, 0.3) is 5.91 Å². The van der Waals surface area contributed by atoms with Gasteiger partial charge in [-0.15, -0.1) is 0 Å². The molecule has 0 fully saturated rings. The van der Waals surface area contributed by atoms with Crippen LogP contribution in [-0.4, -0.2) is 57.1 Å². The van der Waals surface area contributed by atoms with E-state index in [1.165, 1.54) is 0 Å². The summed E-state index contributed by atoms with van der Waals surface area (Å²) in [5.74, 6) is 0.977. The lowest BCUT2D eigenvalue weighted by Crippen LogP contribution is -2.35. The van der Waals surface area contributed by atoms with Crippen LogP contribution in [-0.2, 0) is 0 Å². The number of hydrogen-bond donors (Lipinski definition) is 0. The Morgan fingerprint density at radius 3 is 2.53 bits per heavy atom. The number of fused-ring (bicyclic) bond motifs is 2. The van der Waals surface area contributed by atoms with Crippen molar-refractivity contribution in [2.75, 3.05) is 41.4 Å². The molecule has 7 nitrogen and oxygen atoms in total. The molecule has 0 saturated heterocycles. The minimum atomic E-state index is -0.627. The van der Waals surface area contributed by atoms with Gasteiger partial charge in [-0.2, -0.15) is 0 Å². The summed E-state index contributed by atoms with van der Waals surface area (Å²) in [5.41, 5.74) is 1.22. The number of methoxy groups -OCH3 is 2. The highest BCUT2D eigenvalue weighted by Crippen LogP contribution is 2.42. The maximum Gasteiger partial charge on any atom is 0.290 e. The van der Waals surface area contributed by atoms with Gasteiger partial charge in [0.15, 0.2) is 5.43 Å². The van der Waals surface area contributed by atoms with E-state index < -0.39 is 6.04 Å². The van der Waals surface area contributed by atoms with Crippen LogP contribution < -0.4 is 14.9 Å². The first-order chi connectivity index (χ1) is 14.5. The zero-order chi connectivity index (χ0) is 21.4. The van der Waals surface area contributed by atoms with Crippen molar-refractivity contribution in [1.82, 2.24) is 9.80 Å². The summed E-state index contributed by atoms with van der Waals surface area (Å²) >= 11 is 0. The second kappa shape index (κ2) is 7.84. The van der Waals surface area contributed by atoms with Crippen LogP contribution in [0.3, 0.4) is 0 Å². The lowest BCUT2D eigenvalue weighted by atomic mass is 9.97. The number of hydrogen-bond acceptors (Lipinski definition) is 6. The molecule has 2 aromatic carbocycles. The number of likely N-dealkylation sites (N-methyl/N-ethyl adjacent to an activating group) is 1. The quantitative estimate of drug-likeness (QED) is 0.625. The van der Waals surface area contributed by atoms with Crippen LogP contribution in [0.25, 0.3) is 11.0 Å². The van der Waals surface area contributed by atoms with E-state index in [1.54, 1.807) is 55.5 Å². The van der Waals surface area contributed by atoms with Crippen molar-refractivity contribution < 1.29 is 18.7 Å². The van der Waals surface area contributed by atoms with Crippen LogP contribution in [0, 0.1) is 0 Å². The fourth-order valence-corrected chi connectivity index (χ4v) is 3.88. The zero-order valence-corrected chi connectivity index (χ0v) is 17.5. The lowest BCUT2D eigenvalue weighted by Gasteiger charge is -2.27. The summed E-state index contributed by atoms with van der Waals surface area (Å²) in [6, 6.07) is 11.7. The van der Waals surface area contributed by atoms with E-state index in [-0.39, 0.29) is 17.1 Å². The molecular formula is C23H24N2O5. The molecule has 0 aliphatic carbocycles. The number of para-hydroxylation sites is 1. The number of carbonyl (C=O) groups excluding carboxylic acids is 1. The summed E-state index contributed by atoms with van der Waals surface area (Å²) in [7, 11) is 7.01. The highest BCUT2D eigenvalue weighted by molar-refractivity contribution is 5.99. The summed E-state index contributed by atoms with van der Waals surface area (Å²) in [6.45, 7) is 1.06. The first-order valence-corrected chi connectivity index (χ1v) is 9.69. The molecule has 7 heteroatoms. The average Bonchev–Trinajstić information content (AvgIpc) is 3.03. The van der Waals surface area contributed by atoms with Crippen LogP contribution in [0.4, 0.5) is 0 Å². The van der Waals surface area contributed by atoms with Crippen molar-refractivity contribution in [1.29, 1.82) is 0 Å². The molecule has 0 bridgehead atoms. The van der Waals surface area contributed by atoms with Crippen LogP contribution >= 0.6 is 0 Å². The fourth-order valence-electron chi connectivity index (χ4n) is 3.88. The largest absolute Gasteiger partial charge is 0.497 e. The van der Waals surface area contributed by atoms with Crippen LogP contribution in [0.1, 0.15) is 27.7 Å². The van der Waals surface area contributed by atoms with Crippen LogP contribution in [0.2, 0.25) is 0 Å². The molecule has 0 radical (unpaired) electrons. The van der Waals surface area contributed by atoms with Gasteiger partial charge in [-0.05, 0) is 44.4 Å². The van der Waals surface area contributed by atoms with E-state index in [0.717, 1.165) is 0 Å². The Balaban J connectivity index is 1.98. The highest BCUT2D eigenvalue weighted by atomic mass is 16.5. The third-order valence-corrected chi connectivity index (χ3v) is 5.39. The molecule has 1 atom stereocenters. The second-order valence-corrected chi connectivity index (χ2v) is 7.48. The molecule has 1 aliphatic heterocycles. The van der Waals surface area contributed by atoms with E-state index >= 15 is 0 Å². The number of amides is 1. The third-order valence-electron chi connectivity index (χ3n) is 5.39. The van der Waals surface area contributed by atoms with E-state index in [2.05, 4.69) is 0 Å². The van der Waals surface area contributed by atoms with Crippen molar-refractivity contribution in [2.24, 2.45) is 0 Å². The van der Waals surface area contributed by atoms with Gasteiger partial charge in [-0.25, -0.2) is 0 Å². The Labute approximate surface area is 174 Å². The predicted octanol–water partition coefficient (Wildman–Crippen LogP) is 2.92. The SMILES string of the molecule is COc1ccc(OC)c([C@@H]2c3c(oc4ccccc4c3=O)C(=O)N2CCN(C)C)c1. The van der Waals surface area contributed by atoms with Crippen molar-refractivity contribution in [3.8, 4) is 11.5 Å². The molecule has 0 N–H and O–H groups in total. The fraction of sp³-hybridized carbons (Fsp3) is 0.304. The molecular weight excluding hydrogens is 384 g/mol. The number of carbonyl (C=O) groups is 1. The normalized spacial score (nSPS) is 15.7.